The molecule has 4 nitrogen and oxygen atoms in total. The summed E-state index contributed by atoms with van der Waals surface area (Å²) in [5, 5.41) is 12.4. The average molecular weight is 283 g/mol. The van der Waals surface area contributed by atoms with Crippen molar-refractivity contribution in [3.05, 3.63) is 59.7 Å². The highest BCUT2D eigenvalue weighted by Gasteiger charge is 2.29. The van der Waals surface area contributed by atoms with Gasteiger partial charge in [-0.3, -0.25) is 4.79 Å². The molecular weight excluding hydrogens is 266 g/mol. The van der Waals surface area contributed by atoms with Crippen LogP contribution in [0.15, 0.2) is 48.5 Å². The molecule has 0 saturated carbocycles. The molecule has 108 valence electrons. The zero-order chi connectivity index (χ0) is 14.8. The van der Waals surface area contributed by atoms with Crippen molar-refractivity contribution in [2.45, 2.75) is 18.9 Å². The maximum absolute atomic E-state index is 12.4. The summed E-state index contributed by atoms with van der Waals surface area (Å²) >= 11 is 0. The van der Waals surface area contributed by atoms with Crippen LogP contribution < -0.4 is 10.1 Å². The monoisotopic (exact) mass is 283 g/mol. The number of amides is 1. The first kappa shape index (κ1) is 13.6. The molecule has 4 heteroatoms. The zero-order valence-corrected chi connectivity index (χ0v) is 11.7. The van der Waals surface area contributed by atoms with E-state index in [4.69, 9.17) is 4.74 Å². The maximum Gasteiger partial charge on any atom is 0.235 e. The van der Waals surface area contributed by atoms with Crippen molar-refractivity contribution in [2.24, 2.45) is 0 Å². The Balaban J connectivity index is 1.73. The summed E-state index contributed by atoms with van der Waals surface area (Å²) in [5.41, 5.74) is 2.46. The Hall–Kier alpha value is -2.33. The van der Waals surface area contributed by atoms with Crippen LogP contribution in [0.4, 0.5) is 5.69 Å². The first-order valence-corrected chi connectivity index (χ1v) is 6.96. The number of aliphatic hydroxyl groups is 1. The van der Waals surface area contributed by atoms with Crippen molar-refractivity contribution in [3.63, 3.8) is 0 Å². The van der Waals surface area contributed by atoms with Crippen LogP contribution in [0.5, 0.6) is 5.75 Å². The Bertz CT molecular complexity index is 649. The van der Waals surface area contributed by atoms with E-state index in [1.54, 1.807) is 31.2 Å². The van der Waals surface area contributed by atoms with Crippen LogP contribution in [0, 0.1) is 0 Å². The molecule has 0 bridgehead atoms. The summed E-state index contributed by atoms with van der Waals surface area (Å²) in [6.45, 7) is 2.08. The molecule has 21 heavy (non-hydrogen) atoms. The van der Waals surface area contributed by atoms with E-state index in [0.29, 0.717) is 12.3 Å². The number of para-hydroxylation sites is 1. The predicted molar refractivity (Wildman–Crippen MR) is 80.4 cm³/mol. The average Bonchev–Trinajstić information content (AvgIpc) is 2.92. The Morgan fingerprint density at radius 1 is 1.24 bits per heavy atom. The molecule has 2 atom stereocenters. The first-order valence-electron chi connectivity index (χ1n) is 6.96. The second kappa shape index (κ2) is 5.58. The van der Waals surface area contributed by atoms with Crippen molar-refractivity contribution in [2.75, 3.05) is 11.9 Å². The minimum absolute atomic E-state index is 0.0789. The van der Waals surface area contributed by atoms with Crippen molar-refractivity contribution in [1.82, 2.24) is 0 Å². The number of aliphatic hydroxyl groups excluding tert-OH is 1. The van der Waals surface area contributed by atoms with Gasteiger partial charge in [-0.05, 0) is 30.7 Å². The van der Waals surface area contributed by atoms with E-state index in [1.165, 1.54) is 0 Å². The van der Waals surface area contributed by atoms with Gasteiger partial charge in [-0.2, -0.15) is 0 Å². The third kappa shape index (κ3) is 2.76. The third-order valence-corrected chi connectivity index (χ3v) is 3.68. The smallest absolute Gasteiger partial charge is 0.235 e. The second-order valence-corrected chi connectivity index (χ2v) is 5.19. The van der Waals surface area contributed by atoms with Crippen molar-refractivity contribution in [3.8, 4) is 5.75 Å². The summed E-state index contributed by atoms with van der Waals surface area (Å²) in [4.78, 5) is 12.4. The molecule has 2 aromatic carbocycles. The van der Waals surface area contributed by atoms with Gasteiger partial charge in [0.2, 0.25) is 5.91 Å². The van der Waals surface area contributed by atoms with Gasteiger partial charge in [-0.25, -0.2) is 0 Å². The number of hydrogen-bond acceptors (Lipinski definition) is 3. The molecule has 0 radical (unpaired) electrons. The minimum atomic E-state index is -0.509. The van der Waals surface area contributed by atoms with E-state index in [1.807, 2.05) is 24.3 Å². The highest BCUT2D eigenvalue weighted by molar-refractivity contribution is 5.96. The molecule has 2 unspecified atom stereocenters. The lowest BCUT2D eigenvalue weighted by atomic mass is 10.0. The third-order valence-electron chi connectivity index (χ3n) is 3.68. The van der Waals surface area contributed by atoms with E-state index < -0.39 is 6.10 Å². The SMILES string of the molecule is CC(O)c1ccc(NC(=O)C2COc3ccccc32)cc1. The number of carbonyl (C=O) groups excluding carboxylic acids is 1. The van der Waals surface area contributed by atoms with Crippen LogP contribution in [0.25, 0.3) is 0 Å². The zero-order valence-electron chi connectivity index (χ0n) is 11.7. The van der Waals surface area contributed by atoms with Crippen LogP contribution in [0.3, 0.4) is 0 Å². The van der Waals surface area contributed by atoms with E-state index in [2.05, 4.69) is 5.32 Å². The second-order valence-electron chi connectivity index (χ2n) is 5.19. The first-order chi connectivity index (χ1) is 10.1. The Kier molecular flexibility index (Phi) is 3.62. The normalized spacial score (nSPS) is 17.7. The van der Waals surface area contributed by atoms with Crippen LogP contribution in [0.2, 0.25) is 0 Å². The number of anilines is 1. The molecule has 1 heterocycles. The fraction of sp³-hybridized carbons (Fsp3) is 0.235. The largest absolute Gasteiger partial charge is 0.492 e. The molecule has 1 amide bonds. The van der Waals surface area contributed by atoms with Crippen LogP contribution in [0.1, 0.15) is 30.1 Å². The molecule has 1 aliphatic rings. The van der Waals surface area contributed by atoms with Crippen LogP contribution >= 0.6 is 0 Å². The summed E-state index contributed by atoms with van der Waals surface area (Å²) in [5.74, 6) is 0.421. The minimum Gasteiger partial charge on any atom is -0.492 e. The Morgan fingerprint density at radius 3 is 2.67 bits per heavy atom. The lowest BCUT2D eigenvalue weighted by Crippen LogP contribution is -2.22. The number of rotatable bonds is 3. The number of benzene rings is 2. The highest BCUT2D eigenvalue weighted by atomic mass is 16.5. The summed E-state index contributed by atoms with van der Waals surface area (Å²) < 4.78 is 5.53. The number of ether oxygens (including phenoxy) is 1. The number of carbonyl (C=O) groups is 1. The van der Waals surface area contributed by atoms with Crippen molar-refractivity contribution < 1.29 is 14.6 Å². The van der Waals surface area contributed by atoms with Crippen LogP contribution in [-0.2, 0) is 4.79 Å². The molecule has 0 spiro atoms. The molecule has 2 N–H and O–H groups in total. The van der Waals surface area contributed by atoms with Gasteiger partial charge >= 0.3 is 0 Å². The molecule has 2 aromatic rings. The summed E-state index contributed by atoms with van der Waals surface area (Å²) in [6.07, 6.45) is -0.509. The van der Waals surface area contributed by atoms with Crippen molar-refractivity contribution in [1.29, 1.82) is 0 Å². The molecule has 0 aromatic heterocycles. The van der Waals surface area contributed by atoms with E-state index in [0.717, 1.165) is 16.9 Å². The molecule has 0 fully saturated rings. The maximum atomic E-state index is 12.4. The van der Waals surface area contributed by atoms with Gasteiger partial charge < -0.3 is 15.2 Å². The Morgan fingerprint density at radius 2 is 1.95 bits per heavy atom. The van der Waals surface area contributed by atoms with E-state index >= 15 is 0 Å². The molecule has 1 aliphatic heterocycles. The highest BCUT2D eigenvalue weighted by Crippen LogP contribution is 2.34. The van der Waals surface area contributed by atoms with Gasteiger partial charge in [0, 0.05) is 11.3 Å². The van der Waals surface area contributed by atoms with Gasteiger partial charge in [0.1, 0.15) is 18.3 Å². The topological polar surface area (TPSA) is 58.6 Å². The molecular formula is C17H17NO3. The summed E-state index contributed by atoms with van der Waals surface area (Å²) in [7, 11) is 0. The lowest BCUT2D eigenvalue weighted by Gasteiger charge is -2.11. The van der Waals surface area contributed by atoms with E-state index in [-0.39, 0.29) is 11.8 Å². The lowest BCUT2D eigenvalue weighted by molar-refractivity contribution is -0.117. The molecule has 0 saturated heterocycles. The van der Waals surface area contributed by atoms with E-state index in [9.17, 15) is 9.90 Å². The number of nitrogens with one attached hydrogen (secondary N) is 1. The van der Waals surface area contributed by atoms with Crippen LogP contribution in [-0.4, -0.2) is 17.6 Å². The van der Waals surface area contributed by atoms with Gasteiger partial charge in [-0.15, -0.1) is 0 Å². The van der Waals surface area contributed by atoms with Gasteiger partial charge in [-0.1, -0.05) is 30.3 Å². The number of fused-ring (bicyclic) bond motifs is 1. The fourth-order valence-corrected chi connectivity index (χ4v) is 2.45. The molecule has 0 aliphatic carbocycles. The van der Waals surface area contributed by atoms with Crippen molar-refractivity contribution >= 4 is 11.6 Å². The van der Waals surface area contributed by atoms with Gasteiger partial charge in [0.05, 0.1) is 6.10 Å². The molecule has 3 rings (SSSR count). The predicted octanol–water partition coefficient (Wildman–Crippen LogP) is 2.85. The fourth-order valence-electron chi connectivity index (χ4n) is 2.45. The van der Waals surface area contributed by atoms with Gasteiger partial charge in [0.25, 0.3) is 0 Å². The number of hydrogen-bond donors (Lipinski definition) is 2. The summed E-state index contributed by atoms with van der Waals surface area (Å²) in [6, 6.07) is 14.8. The Labute approximate surface area is 123 Å². The quantitative estimate of drug-likeness (QED) is 0.910. The van der Waals surface area contributed by atoms with Gasteiger partial charge in [0.15, 0.2) is 0 Å². The standard InChI is InChI=1S/C17H17NO3/c1-11(19)12-6-8-13(9-7-12)18-17(20)15-10-21-16-5-3-2-4-14(15)16/h2-9,11,15,19H,10H2,1H3,(H,18,20).